The van der Waals surface area contributed by atoms with Crippen LogP contribution in [0.2, 0.25) is 0 Å². The molecule has 62 heavy (non-hydrogen) atoms. The predicted octanol–water partition coefficient (Wildman–Crippen LogP) is 11.9. The summed E-state index contributed by atoms with van der Waals surface area (Å²) in [6.07, 6.45) is 3.96. The molecule has 0 fully saturated rings. The molecule has 22 heteroatoms. The van der Waals surface area contributed by atoms with Crippen molar-refractivity contribution in [2.75, 3.05) is 32.2 Å². The Morgan fingerprint density at radius 1 is 0.661 bits per heavy atom. The van der Waals surface area contributed by atoms with Gasteiger partial charge in [0.25, 0.3) is 0 Å². The molecule has 0 aliphatic heterocycles. The van der Waals surface area contributed by atoms with E-state index in [1.165, 1.54) is 22.7 Å². The third kappa shape index (κ3) is 20.8. The maximum Gasteiger partial charge on any atom is 0.403 e. The van der Waals surface area contributed by atoms with E-state index in [0.717, 1.165) is 43.7 Å². The number of nitrogen functional groups attached to an aromatic ring is 1. The largest absolute Gasteiger partial charge is 0.466 e. The van der Waals surface area contributed by atoms with Crippen molar-refractivity contribution in [3.63, 3.8) is 0 Å². The summed E-state index contributed by atoms with van der Waals surface area (Å²) in [5, 5.41) is 1.15. The lowest BCUT2D eigenvalue weighted by atomic mass is 9.84. The Balaban J connectivity index is 0.000000525. The molecule has 2 N–H and O–H groups in total. The number of halogens is 7. The highest BCUT2D eigenvalue weighted by atomic mass is 35.6. The standard InChI is InChI=1S/C20H23Cl3N2O4S.C16H21N3O2S.C3H2Cl4O2.CH4/c1-5-28-17(27)10-19(3,4)14-8-13(6-7-24-14)18-12(2)25-15(30-18)9-16(26)29-11-20(21,22)23;1-5-21-13(20)9-16(3,4)12-8-11(6-7-18-12)14-10(2)19-15(17)22-14;4-2(8)9-1-3(5,6)7;/h6-8H,5,9-11H2,1-4H3;6-8H,5,9H2,1-4H3,(H2,17,19);1H2;1H4. The van der Waals surface area contributed by atoms with Crippen molar-refractivity contribution >= 4 is 132 Å². The van der Waals surface area contributed by atoms with Crippen molar-refractivity contribution in [3.05, 3.63) is 64.4 Å². The number of hydrogen-bond acceptors (Lipinski definition) is 15. The molecule has 0 bridgehead atoms. The van der Waals surface area contributed by atoms with E-state index < -0.39 is 29.8 Å². The first-order valence-electron chi connectivity index (χ1n) is 18.2. The predicted molar refractivity (Wildman–Crippen MR) is 252 cm³/mol. The zero-order chi connectivity index (χ0) is 46.3. The lowest BCUT2D eigenvalue weighted by Crippen LogP contribution is -2.24. The Morgan fingerprint density at radius 2 is 1.08 bits per heavy atom. The minimum atomic E-state index is -1.65. The van der Waals surface area contributed by atoms with Crippen LogP contribution in [-0.2, 0) is 50.6 Å². The number of aromatic nitrogens is 4. The van der Waals surface area contributed by atoms with Gasteiger partial charge >= 0.3 is 23.3 Å². The van der Waals surface area contributed by atoms with Gasteiger partial charge in [0.2, 0.25) is 7.59 Å². The first-order chi connectivity index (χ1) is 28.2. The summed E-state index contributed by atoms with van der Waals surface area (Å²) in [5.74, 6) is -0.996. The van der Waals surface area contributed by atoms with Crippen LogP contribution >= 0.6 is 104 Å². The summed E-state index contributed by atoms with van der Waals surface area (Å²) in [4.78, 5) is 65.1. The number of carbonyl (C=O) groups is 4. The molecule has 344 valence electrons. The number of alkyl halides is 6. The zero-order valence-electron chi connectivity index (χ0n) is 34.5. The maximum absolute atomic E-state index is 12.0. The summed E-state index contributed by atoms with van der Waals surface area (Å²) in [6.45, 7) is 15.3. The quantitative estimate of drug-likeness (QED) is 0.0545. The van der Waals surface area contributed by atoms with Crippen LogP contribution in [0.5, 0.6) is 0 Å². The Bertz CT molecular complexity index is 2100. The second kappa shape index (κ2) is 25.7. The van der Waals surface area contributed by atoms with Crippen LogP contribution in [0, 0.1) is 13.8 Å². The average Bonchev–Trinajstić information content (AvgIpc) is 3.68. The van der Waals surface area contributed by atoms with E-state index in [9.17, 15) is 19.2 Å². The number of esters is 3. The highest BCUT2D eigenvalue weighted by Crippen LogP contribution is 2.36. The topological polar surface area (TPSA) is 183 Å². The van der Waals surface area contributed by atoms with Gasteiger partial charge in [-0.3, -0.25) is 24.4 Å². The molecule has 4 aromatic rings. The molecule has 4 aromatic heterocycles. The fourth-order valence-electron chi connectivity index (χ4n) is 5.17. The molecule has 0 amide bonds. The third-order valence-electron chi connectivity index (χ3n) is 7.91. The molecule has 0 radical (unpaired) electrons. The number of anilines is 1. The molecule has 0 saturated carbocycles. The molecule has 0 saturated heterocycles. The smallest absolute Gasteiger partial charge is 0.403 e. The van der Waals surface area contributed by atoms with Gasteiger partial charge in [-0.2, -0.15) is 0 Å². The summed E-state index contributed by atoms with van der Waals surface area (Å²) < 4.78 is 16.0. The van der Waals surface area contributed by atoms with Crippen LogP contribution in [0.15, 0.2) is 36.7 Å². The van der Waals surface area contributed by atoms with Crippen LogP contribution in [0.1, 0.15) is 89.6 Å². The van der Waals surface area contributed by atoms with E-state index >= 15 is 0 Å². The summed E-state index contributed by atoms with van der Waals surface area (Å²) >= 11 is 39.9. The highest BCUT2D eigenvalue weighted by molar-refractivity contribution is 7.18. The van der Waals surface area contributed by atoms with Gasteiger partial charge in [0.1, 0.15) is 18.2 Å². The third-order valence-corrected chi connectivity index (χ3v) is 10.9. The molecule has 4 rings (SSSR count). The van der Waals surface area contributed by atoms with Crippen molar-refractivity contribution < 1.29 is 38.1 Å². The van der Waals surface area contributed by atoms with E-state index in [0.29, 0.717) is 29.8 Å². The van der Waals surface area contributed by atoms with Gasteiger partial charge in [-0.25, -0.2) is 14.8 Å². The normalized spacial score (nSPS) is 11.5. The molecule has 0 unspecified atom stereocenters. The van der Waals surface area contributed by atoms with Crippen molar-refractivity contribution in [1.29, 1.82) is 0 Å². The van der Waals surface area contributed by atoms with Crippen molar-refractivity contribution in [1.82, 2.24) is 19.9 Å². The van der Waals surface area contributed by atoms with E-state index in [2.05, 4.69) is 24.7 Å². The van der Waals surface area contributed by atoms with Gasteiger partial charge in [0.05, 0.1) is 53.6 Å². The van der Waals surface area contributed by atoms with Gasteiger partial charge in [0.15, 0.2) is 5.13 Å². The number of hydrogen-bond donors (Lipinski definition) is 1. The molecule has 0 spiro atoms. The minimum Gasteiger partial charge on any atom is -0.466 e. The SMILES string of the molecule is C.CCOC(=O)CC(C)(C)c1cc(-c2sc(CC(=O)OCC(Cl)(Cl)Cl)nc2C)ccn1.CCOC(=O)CC(C)(C)c1cc(-c2sc(N)nc2C)ccn1.O=C(Cl)OCC(Cl)(Cl)Cl. The molecule has 0 atom stereocenters. The Kier molecular flexibility index (Phi) is 23.7. The second-order valence-corrected chi connectivity index (χ2v) is 21.6. The van der Waals surface area contributed by atoms with Gasteiger partial charge < -0.3 is 24.7 Å². The number of rotatable bonds is 14. The molecule has 0 aromatic carbocycles. The number of aryl methyl sites for hydroxylation is 2. The fourth-order valence-corrected chi connectivity index (χ4v) is 7.43. The first-order valence-corrected chi connectivity index (χ1v) is 22.5. The van der Waals surface area contributed by atoms with E-state index in [1.807, 2.05) is 65.8 Å². The van der Waals surface area contributed by atoms with Crippen LogP contribution in [-0.4, -0.2) is 77.3 Å². The Hall–Kier alpha value is -2.73. The number of ether oxygens (including phenoxy) is 4. The Labute approximate surface area is 405 Å². The fraction of sp³-hybridized carbons (Fsp3) is 0.500. The van der Waals surface area contributed by atoms with Crippen molar-refractivity contribution in [2.24, 2.45) is 0 Å². The van der Waals surface area contributed by atoms with Crippen LogP contribution < -0.4 is 5.73 Å². The number of carbonyl (C=O) groups excluding carboxylic acids is 4. The monoisotopic (exact) mass is 1040 g/mol. The molecular formula is C40H50Cl7N5O8S2. The van der Waals surface area contributed by atoms with E-state index in [1.54, 1.807) is 26.2 Å². The molecule has 13 nitrogen and oxygen atoms in total. The van der Waals surface area contributed by atoms with Gasteiger partial charge in [-0.15, -0.1) is 11.3 Å². The van der Waals surface area contributed by atoms with Gasteiger partial charge in [-0.05, 0) is 63.1 Å². The lowest BCUT2D eigenvalue weighted by molar-refractivity contribution is -0.145. The Morgan fingerprint density at radius 3 is 1.45 bits per heavy atom. The van der Waals surface area contributed by atoms with Crippen molar-refractivity contribution in [3.8, 4) is 20.9 Å². The summed E-state index contributed by atoms with van der Waals surface area (Å²) in [5.41, 5.74) is 9.13. The molecular weight excluding hydrogens is 991 g/mol. The average molecular weight is 1040 g/mol. The minimum absolute atomic E-state index is 0. The van der Waals surface area contributed by atoms with Gasteiger partial charge in [0, 0.05) is 46.2 Å². The van der Waals surface area contributed by atoms with Gasteiger partial charge in [-0.1, -0.05) is 116 Å². The highest BCUT2D eigenvalue weighted by Gasteiger charge is 2.29. The number of thiazole rings is 2. The van der Waals surface area contributed by atoms with E-state index in [4.69, 9.17) is 101 Å². The lowest BCUT2D eigenvalue weighted by Gasteiger charge is -2.23. The summed E-state index contributed by atoms with van der Waals surface area (Å²) in [6, 6.07) is 7.74. The number of nitrogens with two attached hydrogens (primary N) is 1. The van der Waals surface area contributed by atoms with Crippen LogP contribution in [0.25, 0.3) is 20.9 Å². The number of pyridine rings is 2. The van der Waals surface area contributed by atoms with E-state index in [-0.39, 0.29) is 45.4 Å². The number of nitrogens with zero attached hydrogens (tertiary/aromatic N) is 4. The van der Waals surface area contributed by atoms with Crippen LogP contribution in [0.4, 0.5) is 9.93 Å². The van der Waals surface area contributed by atoms with Crippen LogP contribution in [0.3, 0.4) is 0 Å². The second-order valence-electron chi connectivity index (χ2n) is 14.2. The molecule has 4 heterocycles. The van der Waals surface area contributed by atoms with Crippen molar-refractivity contribution in [2.45, 2.75) is 100 Å². The molecule has 0 aliphatic rings. The summed E-state index contributed by atoms with van der Waals surface area (Å²) in [7, 11) is 0. The first kappa shape index (κ1) is 57.3. The maximum atomic E-state index is 12.0. The zero-order valence-corrected chi connectivity index (χ0v) is 41.4. The molecule has 0 aliphatic carbocycles.